The van der Waals surface area contributed by atoms with Crippen molar-refractivity contribution in [3.63, 3.8) is 0 Å². The van der Waals surface area contributed by atoms with Crippen LogP contribution in [0.4, 0.5) is 0 Å². The third-order valence-electron chi connectivity index (χ3n) is 3.13. The van der Waals surface area contributed by atoms with Gasteiger partial charge in [-0.25, -0.2) is 0 Å². The van der Waals surface area contributed by atoms with E-state index in [0.717, 1.165) is 25.9 Å². The number of nitrogens with one attached hydrogen (secondary N) is 1. The SMILES string of the molecule is CC(C)C[C@@H](CNCCc1ccccc1)CC(=O)O. The number of carboxylic acid groups (broad SMARTS) is 1. The maximum Gasteiger partial charge on any atom is 0.303 e. The van der Waals surface area contributed by atoms with Crippen LogP contribution in [0, 0.1) is 11.8 Å². The van der Waals surface area contributed by atoms with E-state index in [4.69, 9.17) is 5.11 Å². The zero-order valence-electron chi connectivity index (χ0n) is 11.9. The van der Waals surface area contributed by atoms with Crippen molar-refractivity contribution in [1.29, 1.82) is 0 Å². The molecule has 0 aliphatic heterocycles. The molecule has 0 aliphatic rings. The summed E-state index contributed by atoms with van der Waals surface area (Å²) in [5.74, 6) is 0.0732. The first-order valence-corrected chi connectivity index (χ1v) is 7.04. The molecular formula is C16H25NO2. The second-order valence-corrected chi connectivity index (χ2v) is 5.53. The highest BCUT2D eigenvalue weighted by Gasteiger charge is 2.14. The third-order valence-corrected chi connectivity index (χ3v) is 3.13. The lowest BCUT2D eigenvalue weighted by Gasteiger charge is -2.17. The normalized spacial score (nSPS) is 12.6. The second-order valence-electron chi connectivity index (χ2n) is 5.53. The van der Waals surface area contributed by atoms with E-state index in [1.807, 2.05) is 18.2 Å². The van der Waals surface area contributed by atoms with Crippen molar-refractivity contribution < 1.29 is 9.90 Å². The molecule has 0 bridgehead atoms. The zero-order chi connectivity index (χ0) is 14.1. The molecule has 3 heteroatoms. The van der Waals surface area contributed by atoms with Gasteiger partial charge in [0.2, 0.25) is 0 Å². The van der Waals surface area contributed by atoms with Crippen molar-refractivity contribution in [2.24, 2.45) is 11.8 Å². The Balaban J connectivity index is 2.25. The fraction of sp³-hybridized carbons (Fsp3) is 0.562. The number of hydrogen-bond donors (Lipinski definition) is 2. The molecule has 0 heterocycles. The van der Waals surface area contributed by atoms with E-state index >= 15 is 0 Å². The number of carbonyl (C=O) groups is 1. The van der Waals surface area contributed by atoms with Gasteiger partial charge >= 0.3 is 5.97 Å². The largest absolute Gasteiger partial charge is 0.481 e. The van der Waals surface area contributed by atoms with E-state index < -0.39 is 5.97 Å². The smallest absolute Gasteiger partial charge is 0.303 e. The molecule has 0 fully saturated rings. The van der Waals surface area contributed by atoms with Crippen LogP contribution in [0.15, 0.2) is 30.3 Å². The molecule has 1 atom stereocenters. The highest BCUT2D eigenvalue weighted by Crippen LogP contribution is 2.14. The summed E-state index contributed by atoms with van der Waals surface area (Å²) >= 11 is 0. The highest BCUT2D eigenvalue weighted by molar-refractivity contribution is 5.67. The van der Waals surface area contributed by atoms with Crippen LogP contribution in [0.2, 0.25) is 0 Å². The summed E-state index contributed by atoms with van der Waals surface area (Å²) in [7, 11) is 0. The van der Waals surface area contributed by atoms with E-state index in [0.29, 0.717) is 5.92 Å². The lowest BCUT2D eigenvalue weighted by molar-refractivity contribution is -0.138. The Morgan fingerprint density at radius 1 is 1.26 bits per heavy atom. The predicted molar refractivity (Wildman–Crippen MR) is 78.2 cm³/mol. The van der Waals surface area contributed by atoms with Crippen molar-refractivity contribution in [3.8, 4) is 0 Å². The van der Waals surface area contributed by atoms with Crippen LogP contribution >= 0.6 is 0 Å². The minimum absolute atomic E-state index is 0.230. The Bertz CT molecular complexity index is 362. The van der Waals surface area contributed by atoms with Gasteiger partial charge in [0.25, 0.3) is 0 Å². The molecule has 0 saturated carbocycles. The third kappa shape index (κ3) is 7.62. The quantitative estimate of drug-likeness (QED) is 0.673. The lowest BCUT2D eigenvalue weighted by atomic mass is 9.94. The summed E-state index contributed by atoms with van der Waals surface area (Å²) in [6.45, 7) is 5.97. The molecule has 1 aromatic rings. The average molecular weight is 263 g/mol. The van der Waals surface area contributed by atoms with Gasteiger partial charge < -0.3 is 10.4 Å². The number of hydrogen-bond acceptors (Lipinski definition) is 2. The molecule has 0 amide bonds. The van der Waals surface area contributed by atoms with Crippen LogP contribution in [-0.2, 0) is 11.2 Å². The molecule has 0 spiro atoms. The summed E-state index contributed by atoms with van der Waals surface area (Å²) in [4.78, 5) is 10.8. The standard InChI is InChI=1S/C16H25NO2/c1-13(2)10-15(11-16(18)19)12-17-9-8-14-6-4-3-5-7-14/h3-7,13,15,17H,8-12H2,1-2H3,(H,18,19)/t15-/m1/s1. The number of rotatable bonds is 9. The van der Waals surface area contributed by atoms with E-state index in [1.165, 1.54) is 5.56 Å². The fourth-order valence-corrected chi connectivity index (χ4v) is 2.34. The zero-order valence-corrected chi connectivity index (χ0v) is 11.9. The summed E-state index contributed by atoms with van der Waals surface area (Å²) in [6, 6.07) is 10.3. The molecule has 0 saturated heterocycles. The summed E-state index contributed by atoms with van der Waals surface area (Å²) in [6.07, 6.45) is 2.21. The molecule has 106 valence electrons. The molecule has 0 unspecified atom stereocenters. The average Bonchev–Trinajstić information content (AvgIpc) is 2.34. The lowest BCUT2D eigenvalue weighted by Crippen LogP contribution is -2.27. The first kappa shape index (κ1) is 15.7. The van der Waals surface area contributed by atoms with E-state index in [2.05, 4.69) is 31.3 Å². The number of aliphatic carboxylic acids is 1. The Kier molecular flexibility index (Phi) is 7.19. The molecule has 1 rings (SSSR count). The van der Waals surface area contributed by atoms with Crippen LogP contribution in [0.3, 0.4) is 0 Å². The van der Waals surface area contributed by atoms with Gasteiger partial charge in [0.1, 0.15) is 0 Å². The molecule has 0 aliphatic carbocycles. The molecule has 2 N–H and O–H groups in total. The van der Waals surface area contributed by atoms with Gasteiger partial charge in [0.05, 0.1) is 0 Å². The van der Waals surface area contributed by atoms with Crippen LogP contribution in [0.1, 0.15) is 32.3 Å². The Labute approximate surface area is 116 Å². The maximum atomic E-state index is 10.8. The molecule has 19 heavy (non-hydrogen) atoms. The monoisotopic (exact) mass is 263 g/mol. The Morgan fingerprint density at radius 3 is 2.53 bits per heavy atom. The molecular weight excluding hydrogens is 238 g/mol. The number of carboxylic acids is 1. The topological polar surface area (TPSA) is 49.3 Å². The number of benzene rings is 1. The first-order chi connectivity index (χ1) is 9.08. The van der Waals surface area contributed by atoms with Gasteiger partial charge in [-0.3, -0.25) is 4.79 Å². The van der Waals surface area contributed by atoms with Crippen molar-refractivity contribution in [2.75, 3.05) is 13.1 Å². The Morgan fingerprint density at radius 2 is 1.95 bits per heavy atom. The van der Waals surface area contributed by atoms with Gasteiger partial charge in [0.15, 0.2) is 0 Å². The van der Waals surface area contributed by atoms with Crippen LogP contribution in [0.5, 0.6) is 0 Å². The summed E-state index contributed by atoms with van der Waals surface area (Å²) in [5.41, 5.74) is 1.31. The van der Waals surface area contributed by atoms with Crippen molar-refractivity contribution in [2.45, 2.75) is 33.1 Å². The van der Waals surface area contributed by atoms with Crippen LogP contribution in [-0.4, -0.2) is 24.2 Å². The fourth-order valence-electron chi connectivity index (χ4n) is 2.34. The van der Waals surface area contributed by atoms with Gasteiger partial charge in [0, 0.05) is 6.42 Å². The van der Waals surface area contributed by atoms with Gasteiger partial charge in [-0.1, -0.05) is 44.2 Å². The van der Waals surface area contributed by atoms with Crippen molar-refractivity contribution >= 4 is 5.97 Å². The molecule has 1 aromatic carbocycles. The van der Waals surface area contributed by atoms with Crippen molar-refractivity contribution in [3.05, 3.63) is 35.9 Å². The Hall–Kier alpha value is -1.35. The summed E-state index contributed by atoms with van der Waals surface area (Å²) < 4.78 is 0. The van der Waals surface area contributed by atoms with E-state index in [-0.39, 0.29) is 12.3 Å². The maximum absolute atomic E-state index is 10.8. The van der Waals surface area contributed by atoms with Gasteiger partial charge in [-0.05, 0) is 43.3 Å². The predicted octanol–water partition coefficient (Wildman–Crippen LogP) is 2.96. The van der Waals surface area contributed by atoms with Crippen molar-refractivity contribution in [1.82, 2.24) is 5.32 Å². The minimum Gasteiger partial charge on any atom is -0.481 e. The minimum atomic E-state index is -0.699. The van der Waals surface area contributed by atoms with Crippen LogP contribution < -0.4 is 5.32 Å². The van der Waals surface area contributed by atoms with Crippen LogP contribution in [0.25, 0.3) is 0 Å². The van der Waals surface area contributed by atoms with E-state index in [1.54, 1.807) is 0 Å². The molecule has 0 aromatic heterocycles. The molecule has 3 nitrogen and oxygen atoms in total. The van der Waals surface area contributed by atoms with Gasteiger partial charge in [-0.2, -0.15) is 0 Å². The summed E-state index contributed by atoms with van der Waals surface area (Å²) in [5, 5.41) is 12.3. The second kappa shape index (κ2) is 8.70. The first-order valence-electron chi connectivity index (χ1n) is 7.04. The van der Waals surface area contributed by atoms with E-state index in [9.17, 15) is 4.79 Å². The molecule has 0 radical (unpaired) electrons. The van der Waals surface area contributed by atoms with Gasteiger partial charge in [-0.15, -0.1) is 0 Å². The highest BCUT2D eigenvalue weighted by atomic mass is 16.4.